The number of rotatable bonds is 0. The molecule has 0 amide bonds. The topological polar surface area (TPSA) is 152 Å². The van der Waals surface area contributed by atoms with E-state index in [1.165, 1.54) is 18.2 Å². The van der Waals surface area contributed by atoms with Gasteiger partial charge in [-0.05, 0) is 25.8 Å². The van der Waals surface area contributed by atoms with Gasteiger partial charge in [-0.15, -0.1) is 0 Å². The largest absolute Gasteiger partial charge is 0.507 e. The second-order valence-electron chi connectivity index (χ2n) is 7.75. The summed E-state index contributed by atoms with van der Waals surface area (Å²) in [7, 11) is 0. The molecule has 0 aromatic heterocycles. The van der Waals surface area contributed by atoms with Crippen molar-refractivity contribution in [3.8, 4) is 5.75 Å². The summed E-state index contributed by atoms with van der Waals surface area (Å²) in [5.41, 5.74) is -8.24. The Balaban J connectivity index is 1.99. The second-order valence-corrected chi connectivity index (χ2v) is 7.75. The Morgan fingerprint density at radius 3 is 2.41 bits per heavy atom. The van der Waals surface area contributed by atoms with Crippen LogP contribution in [0.4, 0.5) is 0 Å². The van der Waals surface area contributed by atoms with Gasteiger partial charge >= 0.3 is 0 Å². The van der Waals surface area contributed by atoms with Gasteiger partial charge in [-0.2, -0.15) is 0 Å². The van der Waals surface area contributed by atoms with E-state index in [-0.39, 0.29) is 29.5 Å². The Morgan fingerprint density at radius 2 is 1.74 bits per heavy atom. The average Bonchev–Trinajstić information content (AvgIpc) is 2.59. The summed E-state index contributed by atoms with van der Waals surface area (Å²) in [5, 5.41) is 52.7. The number of carbonyl (C=O) groups excluding carboxylic acids is 3. The first-order valence-corrected chi connectivity index (χ1v) is 8.50. The van der Waals surface area contributed by atoms with Crippen LogP contribution in [0.5, 0.6) is 5.75 Å². The van der Waals surface area contributed by atoms with Crippen molar-refractivity contribution in [3.63, 3.8) is 0 Å². The van der Waals surface area contributed by atoms with Crippen LogP contribution < -0.4 is 0 Å². The molecule has 8 heteroatoms. The molecule has 1 fully saturated rings. The fourth-order valence-corrected chi connectivity index (χ4v) is 4.61. The Labute approximate surface area is 153 Å². The molecule has 1 aromatic rings. The van der Waals surface area contributed by atoms with Crippen LogP contribution in [0.25, 0.3) is 0 Å². The van der Waals surface area contributed by atoms with Crippen LogP contribution in [0, 0.1) is 0 Å². The van der Waals surface area contributed by atoms with E-state index in [9.17, 15) is 39.9 Å². The van der Waals surface area contributed by atoms with Gasteiger partial charge in [0.15, 0.2) is 17.2 Å². The maximum atomic E-state index is 13.1. The first-order valence-electron chi connectivity index (χ1n) is 8.50. The molecule has 4 atom stereocenters. The zero-order chi connectivity index (χ0) is 19.9. The first-order chi connectivity index (χ1) is 12.5. The Morgan fingerprint density at radius 1 is 1.07 bits per heavy atom. The Kier molecular flexibility index (Phi) is 3.40. The highest BCUT2D eigenvalue weighted by molar-refractivity contribution is 6.30. The summed E-state index contributed by atoms with van der Waals surface area (Å²) in [6.45, 7) is 1.15. The van der Waals surface area contributed by atoms with Crippen LogP contribution in [0.3, 0.4) is 0 Å². The molecule has 4 rings (SSSR count). The summed E-state index contributed by atoms with van der Waals surface area (Å²) in [5.74, 6) is -3.33. The normalized spacial score (nSPS) is 38.4. The van der Waals surface area contributed by atoms with Crippen LogP contribution in [0.2, 0.25) is 0 Å². The number of ketones is 3. The minimum absolute atomic E-state index is 0.133. The van der Waals surface area contributed by atoms with Gasteiger partial charge in [-0.3, -0.25) is 14.4 Å². The lowest BCUT2D eigenvalue weighted by Gasteiger charge is -2.55. The van der Waals surface area contributed by atoms with E-state index in [1.807, 2.05) is 0 Å². The number of phenols is 1. The van der Waals surface area contributed by atoms with Crippen molar-refractivity contribution in [2.75, 3.05) is 0 Å². The maximum Gasteiger partial charge on any atom is 0.203 e. The third-order valence-electron chi connectivity index (χ3n) is 5.99. The first kappa shape index (κ1) is 18.0. The number of carbonyl (C=O) groups is 3. The van der Waals surface area contributed by atoms with Crippen LogP contribution in [-0.4, -0.2) is 65.8 Å². The molecule has 3 aliphatic carbocycles. The molecule has 1 aromatic carbocycles. The van der Waals surface area contributed by atoms with Crippen molar-refractivity contribution < 1.29 is 39.9 Å². The van der Waals surface area contributed by atoms with Crippen molar-refractivity contribution >= 4 is 17.3 Å². The van der Waals surface area contributed by atoms with Gasteiger partial charge in [0.25, 0.3) is 0 Å². The third-order valence-corrected chi connectivity index (χ3v) is 5.99. The quantitative estimate of drug-likeness (QED) is 0.404. The molecule has 0 radical (unpaired) electrons. The standard InChI is InChI=1S/C19H18O8/c1-17(25)7-18(26)6-5-9-12(19(18,27)16(24)15(17)23)14(22)8-3-2-4-10(20)11(8)13(9)21/h2-4,15,20,23,25-27H,5-7H2,1H3/t15-,17-,18-,19+/m0/s1. The molecule has 0 saturated heterocycles. The van der Waals surface area contributed by atoms with E-state index in [1.54, 1.807) is 0 Å². The number of aliphatic hydroxyl groups is 4. The minimum Gasteiger partial charge on any atom is -0.507 e. The molecule has 1 saturated carbocycles. The number of aliphatic hydroxyl groups excluding tert-OH is 1. The van der Waals surface area contributed by atoms with Gasteiger partial charge in [0.2, 0.25) is 5.78 Å². The highest BCUT2D eigenvalue weighted by Gasteiger charge is 2.70. The molecule has 5 N–H and O–H groups in total. The highest BCUT2D eigenvalue weighted by Crippen LogP contribution is 2.53. The van der Waals surface area contributed by atoms with E-state index < -0.39 is 58.0 Å². The van der Waals surface area contributed by atoms with Gasteiger partial charge in [0.1, 0.15) is 17.5 Å². The van der Waals surface area contributed by atoms with Crippen molar-refractivity contribution in [1.82, 2.24) is 0 Å². The number of Topliss-reactive ketones (excluding diaryl/α,β-unsaturated/α-hetero) is 3. The van der Waals surface area contributed by atoms with E-state index in [4.69, 9.17) is 0 Å². The molecular formula is C19H18O8. The molecule has 0 spiro atoms. The molecule has 0 bridgehead atoms. The SMILES string of the molecule is C[C@]1(O)C[C@@]2(O)CCC3=C(C(=O)c4cccc(O)c4C3=O)[C@@]2(O)C(=O)[C@@H]1O. The number of hydrogen-bond donors (Lipinski definition) is 5. The number of aromatic hydroxyl groups is 1. The van der Waals surface area contributed by atoms with Gasteiger partial charge < -0.3 is 25.5 Å². The molecule has 0 aliphatic heterocycles. The lowest BCUT2D eigenvalue weighted by Crippen LogP contribution is -2.75. The summed E-state index contributed by atoms with van der Waals surface area (Å²) < 4.78 is 0. The van der Waals surface area contributed by atoms with Crippen molar-refractivity contribution in [2.24, 2.45) is 0 Å². The predicted molar refractivity (Wildman–Crippen MR) is 89.2 cm³/mol. The Hall–Kier alpha value is -2.39. The van der Waals surface area contributed by atoms with E-state index in [2.05, 4.69) is 0 Å². The van der Waals surface area contributed by atoms with Crippen LogP contribution in [0.1, 0.15) is 46.9 Å². The van der Waals surface area contributed by atoms with Gasteiger partial charge in [-0.25, -0.2) is 0 Å². The van der Waals surface area contributed by atoms with E-state index in [0.29, 0.717) is 0 Å². The minimum atomic E-state index is -2.84. The zero-order valence-electron chi connectivity index (χ0n) is 14.4. The summed E-state index contributed by atoms with van der Waals surface area (Å²) in [6.07, 6.45) is -3.03. The smallest absolute Gasteiger partial charge is 0.203 e. The molecule has 3 aliphatic rings. The second kappa shape index (κ2) is 5.11. The van der Waals surface area contributed by atoms with Gasteiger partial charge in [-0.1, -0.05) is 12.1 Å². The Bertz CT molecular complexity index is 958. The fraction of sp³-hybridized carbons (Fsp3) is 0.421. The van der Waals surface area contributed by atoms with Crippen LogP contribution in [0.15, 0.2) is 29.3 Å². The highest BCUT2D eigenvalue weighted by atomic mass is 16.4. The number of benzene rings is 1. The lowest BCUT2D eigenvalue weighted by atomic mass is 9.54. The summed E-state index contributed by atoms with van der Waals surface area (Å²) >= 11 is 0. The van der Waals surface area contributed by atoms with Crippen LogP contribution >= 0.6 is 0 Å². The predicted octanol–water partition coefficient (Wildman–Crippen LogP) is -0.591. The monoisotopic (exact) mass is 374 g/mol. The molecule has 0 unspecified atom stereocenters. The molecule has 27 heavy (non-hydrogen) atoms. The van der Waals surface area contributed by atoms with Crippen molar-refractivity contribution in [3.05, 3.63) is 40.5 Å². The van der Waals surface area contributed by atoms with Gasteiger partial charge in [0, 0.05) is 23.1 Å². The molecule has 8 nitrogen and oxygen atoms in total. The zero-order valence-corrected chi connectivity index (χ0v) is 14.4. The number of fused-ring (bicyclic) bond motifs is 3. The van der Waals surface area contributed by atoms with Crippen LogP contribution in [-0.2, 0) is 4.79 Å². The fourth-order valence-electron chi connectivity index (χ4n) is 4.61. The third kappa shape index (κ3) is 1.98. The number of allylic oxidation sites excluding steroid dienone is 1. The average molecular weight is 374 g/mol. The lowest BCUT2D eigenvalue weighted by molar-refractivity contribution is -0.224. The molecular weight excluding hydrogens is 356 g/mol. The maximum absolute atomic E-state index is 13.1. The molecule has 0 heterocycles. The van der Waals surface area contributed by atoms with Crippen molar-refractivity contribution in [2.45, 2.75) is 49.1 Å². The van der Waals surface area contributed by atoms with E-state index >= 15 is 0 Å². The summed E-state index contributed by atoms with van der Waals surface area (Å²) in [4.78, 5) is 38.8. The summed E-state index contributed by atoms with van der Waals surface area (Å²) in [6, 6.07) is 3.86. The van der Waals surface area contributed by atoms with Crippen molar-refractivity contribution in [1.29, 1.82) is 0 Å². The molecule has 142 valence electrons. The number of phenolic OH excluding ortho intramolecular Hbond substituents is 1. The number of hydrogen-bond acceptors (Lipinski definition) is 8. The van der Waals surface area contributed by atoms with Gasteiger partial charge in [0.05, 0.1) is 11.2 Å². The van der Waals surface area contributed by atoms with E-state index in [0.717, 1.165) is 6.92 Å².